The third-order valence-electron chi connectivity index (χ3n) is 0. The minimum atomic E-state index is -2.17. The third-order valence-corrected chi connectivity index (χ3v) is 0. The summed E-state index contributed by atoms with van der Waals surface area (Å²) in [5, 5.41) is 21.5. The van der Waals surface area contributed by atoms with Crippen molar-refractivity contribution in [2.75, 3.05) is 0 Å². The second kappa shape index (κ2) is 9.30. The van der Waals surface area contributed by atoms with Gasteiger partial charge in [0.2, 0.25) is 0 Å². The van der Waals surface area contributed by atoms with Gasteiger partial charge < -0.3 is 19.8 Å². The molecule has 0 atom stereocenters. The Hall–Kier alpha value is 0.875. The molecule has 0 aliphatic rings. The van der Waals surface area contributed by atoms with E-state index in [0.717, 1.165) is 0 Å². The van der Waals surface area contributed by atoms with Crippen LogP contribution in [0.3, 0.4) is 0 Å². The Morgan fingerprint density at radius 3 is 1.00 bits per heavy atom. The molecule has 6 heavy (non-hydrogen) atoms. The second-order valence-electron chi connectivity index (χ2n) is 0.346. The fraction of sp³-hybridized carbons (Fsp3) is 0. The van der Waals surface area contributed by atoms with Crippen molar-refractivity contribution in [3.05, 3.63) is 0 Å². The van der Waals surface area contributed by atoms with Crippen molar-refractivity contribution >= 4 is 7.32 Å². The molecule has 6 heteroatoms. The van der Waals surface area contributed by atoms with E-state index in [4.69, 9.17) is 15.1 Å². The fourth-order valence-electron chi connectivity index (χ4n) is 0. The summed E-state index contributed by atoms with van der Waals surface area (Å²) < 4.78 is 0. The molecule has 0 aromatic heterocycles. The van der Waals surface area contributed by atoms with Gasteiger partial charge in [-0.25, -0.2) is 0 Å². The first kappa shape index (κ1) is 15.8. The molecule has 0 aliphatic heterocycles. The molecule has 0 fully saturated rings. The van der Waals surface area contributed by atoms with Crippen LogP contribution >= 0.6 is 0 Å². The fourth-order valence-corrected chi connectivity index (χ4v) is 0. The molecule has 0 spiro atoms. The van der Waals surface area contributed by atoms with Crippen molar-refractivity contribution in [3.8, 4) is 0 Å². The summed E-state index contributed by atoms with van der Waals surface area (Å²) in [7, 11) is -2.17. The van der Waals surface area contributed by atoms with E-state index in [2.05, 4.69) is 0 Å². The summed E-state index contributed by atoms with van der Waals surface area (Å²) in [5.41, 5.74) is 0. The van der Waals surface area contributed by atoms with Crippen molar-refractivity contribution < 1.29 is 49.3 Å². The van der Waals surface area contributed by atoms with Gasteiger partial charge in [0.1, 0.15) is 0 Å². The Labute approximate surface area is 56.8 Å². The summed E-state index contributed by atoms with van der Waals surface area (Å²) in [4.78, 5) is 0. The van der Waals surface area contributed by atoms with Crippen molar-refractivity contribution in [3.63, 3.8) is 0 Å². The molecule has 0 unspecified atom stereocenters. The van der Waals surface area contributed by atoms with Crippen molar-refractivity contribution in [1.82, 2.24) is 0 Å². The van der Waals surface area contributed by atoms with Crippen LogP contribution < -0.4 is 34.3 Å². The zero-order chi connectivity index (χ0) is 3.58. The number of halogens is 1. The SMILES string of the molecule is OB(O)O.[F-].[Na+]. The monoisotopic (exact) mass is 104 g/mol. The minimum absolute atomic E-state index is 0. The molecule has 32 valence electrons. The predicted molar refractivity (Wildman–Crippen MR) is 12.4 cm³/mol. The summed E-state index contributed by atoms with van der Waals surface area (Å²) >= 11 is 0. The van der Waals surface area contributed by atoms with E-state index in [1.54, 1.807) is 0 Å². The Morgan fingerprint density at radius 1 is 1.00 bits per heavy atom. The van der Waals surface area contributed by atoms with E-state index >= 15 is 0 Å². The van der Waals surface area contributed by atoms with Crippen LogP contribution in [-0.2, 0) is 0 Å². The first-order valence-corrected chi connectivity index (χ1v) is 0.775. The summed E-state index contributed by atoms with van der Waals surface area (Å²) in [6.07, 6.45) is 0. The Morgan fingerprint density at radius 2 is 1.00 bits per heavy atom. The smallest absolute Gasteiger partial charge is 1.00 e. The molecule has 0 saturated heterocycles. The van der Waals surface area contributed by atoms with E-state index in [9.17, 15) is 0 Å². The number of rotatable bonds is 0. The Balaban J connectivity index is -0.0000000450. The minimum Gasteiger partial charge on any atom is -1.00 e. The van der Waals surface area contributed by atoms with E-state index in [0.29, 0.717) is 0 Å². The van der Waals surface area contributed by atoms with E-state index in [-0.39, 0.29) is 34.3 Å². The van der Waals surface area contributed by atoms with Crippen LogP contribution in [0.4, 0.5) is 0 Å². The molecule has 0 bridgehead atoms. The van der Waals surface area contributed by atoms with Crippen LogP contribution in [0.15, 0.2) is 0 Å². The molecule has 0 heterocycles. The van der Waals surface area contributed by atoms with E-state index in [1.165, 1.54) is 0 Å². The molecule has 3 N–H and O–H groups in total. The topological polar surface area (TPSA) is 60.7 Å². The molecule has 0 aromatic rings. The summed E-state index contributed by atoms with van der Waals surface area (Å²) in [6, 6.07) is 0. The predicted octanol–water partition coefficient (Wildman–Crippen LogP) is -8.04. The summed E-state index contributed by atoms with van der Waals surface area (Å²) in [5.74, 6) is 0. The molecule has 0 rings (SSSR count). The number of hydrogen-bond acceptors (Lipinski definition) is 3. The second-order valence-corrected chi connectivity index (χ2v) is 0.346. The molecule has 0 amide bonds. The largest absolute Gasteiger partial charge is 1.00 e. The van der Waals surface area contributed by atoms with Gasteiger partial charge >= 0.3 is 36.9 Å². The van der Waals surface area contributed by atoms with Crippen LogP contribution in [0.2, 0.25) is 0 Å². The zero-order valence-electron chi connectivity index (χ0n) is 3.30. The standard InChI is InChI=1S/BH3O3.FH.Na/c2-1(3)4;;/h2-4H;1H;/q;;+1/p-1. The van der Waals surface area contributed by atoms with Gasteiger partial charge in [0.05, 0.1) is 0 Å². The van der Waals surface area contributed by atoms with E-state index < -0.39 is 7.32 Å². The average Bonchev–Trinajstić information content (AvgIpc) is 0.811. The van der Waals surface area contributed by atoms with Crippen molar-refractivity contribution in [2.45, 2.75) is 0 Å². The van der Waals surface area contributed by atoms with Gasteiger partial charge in [-0.05, 0) is 0 Å². The molecule has 0 radical (unpaired) electrons. The van der Waals surface area contributed by atoms with Crippen LogP contribution in [0.25, 0.3) is 0 Å². The molecule has 0 saturated carbocycles. The van der Waals surface area contributed by atoms with Crippen molar-refractivity contribution in [1.29, 1.82) is 0 Å². The first-order chi connectivity index (χ1) is 1.73. The van der Waals surface area contributed by atoms with Crippen LogP contribution in [-0.4, -0.2) is 22.4 Å². The molecule has 3 nitrogen and oxygen atoms in total. The quantitative estimate of drug-likeness (QED) is 0.267. The van der Waals surface area contributed by atoms with Gasteiger partial charge in [-0.3, -0.25) is 0 Å². The van der Waals surface area contributed by atoms with Crippen LogP contribution in [0.1, 0.15) is 0 Å². The Kier molecular flexibility index (Phi) is 24.5. The molecule has 0 aromatic carbocycles. The first-order valence-electron chi connectivity index (χ1n) is 0.775. The van der Waals surface area contributed by atoms with E-state index in [1.807, 2.05) is 0 Å². The maximum atomic E-state index is 7.17. The van der Waals surface area contributed by atoms with Gasteiger partial charge in [0.25, 0.3) is 0 Å². The van der Waals surface area contributed by atoms with Crippen molar-refractivity contribution in [2.24, 2.45) is 0 Å². The average molecular weight is 104 g/mol. The maximum Gasteiger partial charge on any atom is 1.00 e. The number of hydrogen-bond donors (Lipinski definition) is 3. The van der Waals surface area contributed by atoms with Gasteiger partial charge in [-0.15, -0.1) is 0 Å². The van der Waals surface area contributed by atoms with Gasteiger partial charge in [0.15, 0.2) is 0 Å². The maximum absolute atomic E-state index is 7.17. The van der Waals surface area contributed by atoms with Gasteiger partial charge in [0, 0.05) is 0 Å². The van der Waals surface area contributed by atoms with Gasteiger partial charge in [-0.2, -0.15) is 0 Å². The van der Waals surface area contributed by atoms with Crippen LogP contribution in [0.5, 0.6) is 0 Å². The molecule has 0 aliphatic carbocycles. The van der Waals surface area contributed by atoms with Crippen LogP contribution in [0, 0.1) is 0 Å². The molecular weight excluding hydrogens is 101 g/mol. The normalized spacial score (nSPS) is 4.50. The molecular formula is H3BFNaO3. The van der Waals surface area contributed by atoms with Gasteiger partial charge in [-0.1, -0.05) is 0 Å². The third kappa shape index (κ3) is 95.6. The Bertz CT molecular complexity index is 15.5. The summed E-state index contributed by atoms with van der Waals surface area (Å²) in [6.45, 7) is 0. The zero-order valence-corrected chi connectivity index (χ0v) is 5.30.